The zero-order valence-corrected chi connectivity index (χ0v) is 9.55. The molecule has 0 amide bonds. The van der Waals surface area contributed by atoms with Crippen LogP contribution in [0.3, 0.4) is 0 Å². The van der Waals surface area contributed by atoms with Gasteiger partial charge >= 0.3 is 5.97 Å². The molecule has 0 aliphatic rings. The Kier molecular flexibility index (Phi) is 3.23. The Bertz CT molecular complexity index is 581. The quantitative estimate of drug-likeness (QED) is 0.905. The Hall–Kier alpha value is -2.43. The number of carboxylic acids is 1. The first kappa shape index (κ1) is 12.0. The molecule has 0 saturated carbocycles. The Morgan fingerprint density at radius 3 is 2.67 bits per heavy atom. The van der Waals surface area contributed by atoms with Crippen molar-refractivity contribution in [2.75, 3.05) is 7.11 Å². The molecule has 0 fully saturated rings. The normalized spacial score (nSPS) is 10.1. The average molecular weight is 247 g/mol. The minimum Gasteiger partial charge on any atom is -0.495 e. The lowest BCUT2D eigenvalue weighted by Crippen LogP contribution is -1.98. The van der Waals surface area contributed by atoms with Crippen LogP contribution >= 0.6 is 0 Å². The van der Waals surface area contributed by atoms with Gasteiger partial charge < -0.3 is 9.84 Å². The summed E-state index contributed by atoms with van der Waals surface area (Å²) < 4.78 is 18.3. The van der Waals surface area contributed by atoms with Gasteiger partial charge in [0.1, 0.15) is 11.6 Å². The van der Waals surface area contributed by atoms with Crippen LogP contribution in [0.25, 0.3) is 11.3 Å². The van der Waals surface area contributed by atoms with Crippen LogP contribution in [0.4, 0.5) is 4.39 Å². The molecule has 0 radical (unpaired) electrons. The van der Waals surface area contributed by atoms with Crippen LogP contribution in [-0.4, -0.2) is 23.2 Å². The van der Waals surface area contributed by atoms with Crippen LogP contribution in [0.15, 0.2) is 36.5 Å². The van der Waals surface area contributed by atoms with Crippen molar-refractivity contribution in [3.05, 3.63) is 47.9 Å². The van der Waals surface area contributed by atoms with Crippen molar-refractivity contribution in [1.82, 2.24) is 4.98 Å². The number of methoxy groups -OCH3 is 1. The maximum absolute atomic E-state index is 13.3. The maximum atomic E-state index is 13.3. The third-order valence-corrected chi connectivity index (χ3v) is 2.41. The highest BCUT2D eigenvalue weighted by Crippen LogP contribution is 2.22. The molecule has 0 aliphatic carbocycles. The molecule has 0 aliphatic heterocycles. The summed E-state index contributed by atoms with van der Waals surface area (Å²) in [5.41, 5.74) is 0.787. The fourth-order valence-corrected chi connectivity index (χ4v) is 1.53. The van der Waals surface area contributed by atoms with E-state index in [1.807, 2.05) is 0 Å². The molecule has 0 bridgehead atoms. The molecular formula is C13H10FNO3. The third kappa shape index (κ3) is 2.45. The van der Waals surface area contributed by atoms with Gasteiger partial charge in [0, 0.05) is 5.56 Å². The van der Waals surface area contributed by atoms with E-state index in [0.717, 1.165) is 6.07 Å². The molecule has 92 valence electrons. The van der Waals surface area contributed by atoms with Crippen molar-refractivity contribution in [2.45, 2.75) is 0 Å². The summed E-state index contributed by atoms with van der Waals surface area (Å²) in [5, 5.41) is 8.86. The second-order valence-corrected chi connectivity index (χ2v) is 3.62. The van der Waals surface area contributed by atoms with Gasteiger partial charge in [-0.2, -0.15) is 0 Å². The highest BCUT2D eigenvalue weighted by atomic mass is 19.1. The molecule has 0 atom stereocenters. The molecule has 0 spiro atoms. The van der Waals surface area contributed by atoms with Crippen LogP contribution < -0.4 is 4.74 Å². The first-order valence-corrected chi connectivity index (χ1v) is 5.14. The standard InChI is InChI=1S/C13H10FNO3/c1-18-11-2-3-12(15-7-11)8-4-9(13(16)17)6-10(14)5-8/h2-7H,1H3,(H,16,17). The van der Waals surface area contributed by atoms with Crippen LogP contribution in [0.5, 0.6) is 5.75 Å². The lowest BCUT2D eigenvalue weighted by molar-refractivity contribution is 0.0696. The number of aromatic nitrogens is 1. The first-order valence-electron chi connectivity index (χ1n) is 5.14. The van der Waals surface area contributed by atoms with Gasteiger partial charge in [0.05, 0.1) is 24.6 Å². The van der Waals surface area contributed by atoms with E-state index >= 15 is 0 Å². The lowest BCUT2D eigenvalue weighted by Gasteiger charge is -2.04. The molecular weight excluding hydrogens is 237 g/mol. The smallest absolute Gasteiger partial charge is 0.335 e. The molecule has 2 rings (SSSR count). The second kappa shape index (κ2) is 4.83. The van der Waals surface area contributed by atoms with E-state index in [-0.39, 0.29) is 5.56 Å². The van der Waals surface area contributed by atoms with Gasteiger partial charge in [-0.1, -0.05) is 0 Å². The highest BCUT2D eigenvalue weighted by Gasteiger charge is 2.09. The molecule has 1 aromatic heterocycles. The number of carboxylic acid groups (broad SMARTS) is 1. The lowest BCUT2D eigenvalue weighted by atomic mass is 10.1. The summed E-state index contributed by atoms with van der Waals surface area (Å²) in [6, 6.07) is 6.89. The van der Waals surface area contributed by atoms with E-state index in [9.17, 15) is 9.18 Å². The number of hydrogen-bond donors (Lipinski definition) is 1. The zero-order valence-electron chi connectivity index (χ0n) is 9.55. The van der Waals surface area contributed by atoms with E-state index in [4.69, 9.17) is 9.84 Å². The van der Waals surface area contributed by atoms with Crippen LogP contribution in [-0.2, 0) is 0 Å². The van der Waals surface area contributed by atoms with Crippen molar-refractivity contribution >= 4 is 5.97 Å². The van der Waals surface area contributed by atoms with Gasteiger partial charge in [-0.05, 0) is 30.3 Å². The van der Waals surface area contributed by atoms with Crippen molar-refractivity contribution in [3.63, 3.8) is 0 Å². The number of pyridine rings is 1. The molecule has 1 aromatic carbocycles. The van der Waals surface area contributed by atoms with Gasteiger partial charge in [0.15, 0.2) is 0 Å². The molecule has 2 aromatic rings. The number of hydrogen-bond acceptors (Lipinski definition) is 3. The molecule has 18 heavy (non-hydrogen) atoms. The second-order valence-electron chi connectivity index (χ2n) is 3.62. The Morgan fingerprint density at radius 1 is 1.33 bits per heavy atom. The summed E-state index contributed by atoms with van der Waals surface area (Å²) in [6.45, 7) is 0. The minimum atomic E-state index is -1.18. The van der Waals surface area contributed by atoms with Crippen LogP contribution in [0.2, 0.25) is 0 Å². The zero-order chi connectivity index (χ0) is 13.1. The Morgan fingerprint density at radius 2 is 2.11 bits per heavy atom. The van der Waals surface area contributed by atoms with E-state index in [1.165, 1.54) is 25.4 Å². The molecule has 0 unspecified atom stereocenters. The van der Waals surface area contributed by atoms with Crippen molar-refractivity contribution in [3.8, 4) is 17.0 Å². The molecule has 1 heterocycles. The number of halogens is 1. The summed E-state index contributed by atoms with van der Waals surface area (Å²) in [7, 11) is 1.52. The van der Waals surface area contributed by atoms with E-state index in [1.54, 1.807) is 12.1 Å². The SMILES string of the molecule is COc1ccc(-c2cc(F)cc(C(=O)O)c2)nc1. The van der Waals surface area contributed by atoms with Crippen molar-refractivity contribution in [1.29, 1.82) is 0 Å². The van der Waals surface area contributed by atoms with E-state index in [2.05, 4.69) is 4.98 Å². The highest BCUT2D eigenvalue weighted by molar-refractivity contribution is 5.89. The summed E-state index contributed by atoms with van der Waals surface area (Å²) in [6.07, 6.45) is 1.49. The van der Waals surface area contributed by atoms with Gasteiger partial charge in [-0.25, -0.2) is 9.18 Å². The monoisotopic (exact) mass is 247 g/mol. The number of aromatic carboxylic acids is 1. The number of carbonyl (C=O) groups is 1. The molecule has 1 N–H and O–H groups in total. The third-order valence-electron chi connectivity index (χ3n) is 2.41. The number of benzene rings is 1. The van der Waals surface area contributed by atoms with Crippen LogP contribution in [0, 0.1) is 5.82 Å². The molecule has 5 heteroatoms. The van der Waals surface area contributed by atoms with Crippen molar-refractivity contribution in [2.24, 2.45) is 0 Å². The van der Waals surface area contributed by atoms with Crippen molar-refractivity contribution < 1.29 is 19.0 Å². The predicted molar refractivity (Wildman–Crippen MR) is 63.1 cm³/mol. The van der Waals surface area contributed by atoms with E-state index < -0.39 is 11.8 Å². The summed E-state index contributed by atoms with van der Waals surface area (Å²) in [5.74, 6) is -1.21. The molecule has 4 nitrogen and oxygen atoms in total. The topological polar surface area (TPSA) is 59.4 Å². The van der Waals surface area contributed by atoms with Crippen LogP contribution in [0.1, 0.15) is 10.4 Å². The fourth-order valence-electron chi connectivity index (χ4n) is 1.53. The Balaban J connectivity index is 2.46. The summed E-state index contributed by atoms with van der Waals surface area (Å²) >= 11 is 0. The minimum absolute atomic E-state index is 0.109. The fraction of sp³-hybridized carbons (Fsp3) is 0.0769. The number of rotatable bonds is 3. The summed E-state index contributed by atoms with van der Waals surface area (Å²) in [4.78, 5) is 14.9. The van der Waals surface area contributed by atoms with Gasteiger partial charge in [-0.3, -0.25) is 4.98 Å². The predicted octanol–water partition coefficient (Wildman–Crippen LogP) is 2.59. The van der Waals surface area contributed by atoms with E-state index in [0.29, 0.717) is 17.0 Å². The van der Waals surface area contributed by atoms with Gasteiger partial charge in [-0.15, -0.1) is 0 Å². The largest absolute Gasteiger partial charge is 0.495 e. The maximum Gasteiger partial charge on any atom is 0.335 e. The average Bonchev–Trinajstić information content (AvgIpc) is 2.38. The number of nitrogens with zero attached hydrogens (tertiary/aromatic N) is 1. The van der Waals surface area contributed by atoms with Gasteiger partial charge in [0.2, 0.25) is 0 Å². The number of ether oxygens (including phenoxy) is 1. The molecule has 0 saturated heterocycles. The Labute approximate surface area is 103 Å². The van der Waals surface area contributed by atoms with Gasteiger partial charge in [0.25, 0.3) is 0 Å². The first-order chi connectivity index (χ1) is 8.60.